The van der Waals surface area contributed by atoms with Crippen molar-refractivity contribution in [3.05, 3.63) is 58.6 Å². The van der Waals surface area contributed by atoms with Gasteiger partial charge in [0.15, 0.2) is 0 Å². The number of nitrogens with zero attached hydrogens (tertiary/aromatic N) is 1. The van der Waals surface area contributed by atoms with Crippen LogP contribution in [0.2, 0.25) is 5.02 Å². The predicted octanol–water partition coefficient (Wildman–Crippen LogP) is 2.08. The maximum absolute atomic E-state index is 12.8. The van der Waals surface area contributed by atoms with Gasteiger partial charge in [-0.05, 0) is 36.8 Å². The van der Waals surface area contributed by atoms with E-state index in [2.05, 4.69) is 5.32 Å². The highest BCUT2D eigenvalue weighted by atomic mass is 35.5. The largest absolute Gasteiger partial charge is 0.497 e. The predicted molar refractivity (Wildman–Crippen MR) is 114 cm³/mol. The second kappa shape index (κ2) is 9.66. The lowest BCUT2D eigenvalue weighted by Crippen LogP contribution is -2.62. The molecule has 0 aliphatic carbocycles. The van der Waals surface area contributed by atoms with Crippen LogP contribution in [0.3, 0.4) is 0 Å². The Hall–Kier alpha value is -2.32. The summed E-state index contributed by atoms with van der Waals surface area (Å²) < 4.78 is 10.6. The lowest BCUT2D eigenvalue weighted by Gasteiger charge is -2.42. The van der Waals surface area contributed by atoms with E-state index < -0.39 is 11.7 Å². The van der Waals surface area contributed by atoms with Crippen molar-refractivity contribution in [3.8, 4) is 11.5 Å². The molecule has 2 aromatic rings. The molecule has 30 heavy (non-hydrogen) atoms. The third-order valence-corrected chi connectivity index (χ3v) is 5.63. The summed E-state index contributed by atoms with van der Waals surface area (Å²) in [7, 11) is 3.17. The van der Waals surface area contributed by atoms with Crippen molar-refractivity contribution in [2.45, 2.75) is 24.7 Å². The molecule has 1 saturated heterocycles. The average molecular weight is 435 g/mol. The number of methoxy groups -OCH3 is 2. The van der Waals surface area contributed by atoms with Crippen molar-refractivity contribution in [2.75, 3.05) is 33.9 Å². The summed E-state index contributed by atoms with van der Waals surface area (Å²) in [5, 5.41) is 25.2. The van der Waals surface area contributed by atoms with Crippen LogP contribution in [0.4, 0.5) is 0 Å². The van der Waals surface area contributed by atoms with Gasteiger partial charge < -0.3 is 29.9 Å². The topological polar surface area (TPSA) is 91.3 Å². The van der Waals surface area contributed by atoms with Gasteiger partial charge in [-0.2, -0.15) is 0 Å². The quantitative estimate of drug-likeness (QED) is 0.618. The van der Waals surface area contributed by atoms with Crippen LogP contribution in [-0.2, 0) is 6.54 Å². The van der Waals surface area contributed by atoms with E-state index in [-0.39, 0.29) is 19.0 Å². The molecule has 0 bridgehead atoms. The number of benzene rings is 2. The number of carbonyl (C=O) groups excluding carboxylic acids is 1. The zero-order valence-corrected chi connectivity index (χ0v) is 17.9. The number of rotatable bonds is 7. The number of carbonyl (C=O) groups is 1. The molecule has 8 heteroatoms. The van der Waals surface area contributed by atoms with E-state index in [1.165, 1.54) is 0 Å². The van der Waals surface area contributed by atoms with Crippen molar-refractivity contribution in [3.63, 3.8) is 0 Å². The summed E-state index contributed by atoms with van der Waals surface area (Å²) in [5.41, 5.74) is -0.0737. The molecule has 1 aliphatic heterocycles. The van der Waals surface area contributed by atoms with E-state index in [0.717, 1.165) is 5.56 Å². The molecular weight excluding hydrogens is 408 g/mol. The molecular formula is C22H27ClN2O5. The number of hydrogen-bond acceptors (Lipinski definition) is 6. The van der Waals surface area contributed by atoms with E-state index in [4.69, 9.17) is 21.1 Å². The Bertz CT molecular complexity index is 876. The number of amides is 1. The summed E-state index contributed by atoms with van der Waals surface area (Å²) in [6, 6.07) is 12.1. The first kappa shape index (κ1) is 22.4. The average Bonchev–Trinajstić information content (AvgIpc) is 2.76. The van der Waals surface area contributed by atoms with E-state index in [9.17, 15) is 15.0 Å². The minimum absolute atomic E-state index is 0.0301. The minimum atomic E-state index is -1.46. The van der Waals surface area contributed by atoms with Crippen LogP contribution in [-0.4, -0.2) is 66.6 Å². The second-order valence-electron chi connectivity index (χ2n) is 7.42. The van der Waals surface area contributed by atoms with E-state index in [1.54, 1.807) is 49.5 Å². The number of halogens is 1. The molecule has 162 valence electrons. The SMILES string of the molecule is COc1ccc(CNC[C@@]2(O)CN(C(=O)c3ccc(Cl)cc3)CC[C@@H]2O)c(OC)c1. The third kappa shape index (κ3) is 5.05. The van der Waals surface area contributed by atoms with Crippen LogP contribution in [0.25, 0.3) is 0 Å². The first-order chi connectivity index (χ1) is 14.4. The first-order valence-corrected chi connectivity index (χ1v) is 10.1. The summed E-state index contributed by atoms with van der Waals surface area (Å²) >= 11 is 5.89. The van der Waals surface area contributed by atoms with Gasteiger partial charge in [0.25, 0.3) is 5.91 Å². The number of nitrogens with one attached hydrogen (secondary N) is 1. The summed E-state index contributed by atoms with van der Waals surface area (Å²) in [6.07, 6.45) is -0.638. The second-order valence-corrected chi connectivity index (χ2v) is 7.86. The molecule has 1 aliphatic rings. The van der Waals surface area contributed by atoms with E-state index in [1.807, 2.05) is 12.1 Å². The zero-order chi connectivity index (χ0) is 21.7. The van der Waals surface area contributed by atoms with Crippen molar-refractivity contribution in [1.82, 2.24) is 10.2 Å². The summed E-state index contributed by atoms with van der Waals surface area (Å²) in [5.74, 6) is 1.15. The number of hydrogen-bond donors (Lipinski definition) is 3. The number of likely N-dealkylation sites (tertiary alicyclic amines) is 1. The molecule has 0 saturated carbocycles. The smallest absolute Gasteiger partial charge is 0.253 e. The van der Waals surface area contributed by atoms with Crippen LogP contribution in [0.1, 0.15) is 22.3 Å². The standard InChI is InChI=1S/C22H27ClN2O5/c1-29-18-8-5-16(19(11-18)30-2)12-24-13-22(28)14-25(10-9-20(22)26)21(27)15-3-6-17(23)7-4-15/h3-8,11,20,24,26,28H,9-10,12-14H2,1-2H3/t20-,22+/m0/s1. The van der Waals surface area contributed by atoms with Crippen LogP contribution < -0.4 is 14.8 Å². The molecule has 0 unspecified atom stereocenters. The van der Waals surface area contributed by atoms with Crippen molar-refractivity contribution in [2.24, 2.45) is 0 Å². The molecule has 7 nitrogen and oxygen atoms in total. The third-order valence-electron chi connectivity index (χ3n) is 5.38. The Morgan fingerprint density at radius 1 is 1.23 bits per heavy atom. The van der Waals surface area contributed by atoms with Gasteiger partial charge in [0.1, 0.15) is 17.1 Å². The number of ether oxygens (including phenoxy) is 2. The molecule has 2 atom stereocenters. The normalized spacial score (nSPS) is 21.4. The van der Waals surface area contributed by atoms with E-state index in [0.29, 0.717) is 41.6 Å². The highest BCUT2D eigenvalue weighted by Crippen LogP contribution is 2.26. The van der Waals surface area contributed by atoms with Crippen molar-refractivity contribution >= 4 is 17.5 Å². The van der Waals surface area contributed by atoms with Crippen molar-refractivity contribution in [1.29, 1.82) is 0 Å². The van der Waals surface area contributed by atoms with E-state index >= 15 is 0 Å². The molecule has 1 amide bonds. The Morgan fingerprint density at radius 2 is 1.97 bits per heavy atom. The van der Waals surface area contributed by atoms with Gasteiger partial charge in [-0.15, -0.1) is 0 Å². The Morgan fingerprint density at radius 3 is 2.63 bits per heavy atom. The molecule has 1 fully saturated rings. The van der Waals surface area contributed by atoms with Crippen LogP contribution in [0.5, 0.6) is 11.5 Å². The lowest BCUT2D eigenvalue weighted by molar-refractivity contribution is -0.111. The maximum Gasteiger partial charge on any atom is 0.253 e. The summed E-state index contributed by atoms with van der Waals surface area (Å²) in [6.45, 7) is 0.945. The molecule has 3 N–H and O–H groups in total. The zero-order valence-electron chi connectivity index (χ0n) is 17.1. The Labute approximate surface area is 181 Å². The minimum Gasteiger partial charge on any atom is -0.497 e. The number of piperidine rings is 1. The fraction of sp³-hybridized carbons (Fsp3) is 0.409. The van der Waals surface area contributed by atoms with Crippen LogP contribution >= 0.6 is 11.6 Å². The van der Waals surface area contributed by atoms with Crippen molar-refractivity contribution < 1.29 is 24.5 Å². The number of aliphatic hydroxyl groups excluding tert-OH is 1. The van der Waals surface area contributed by atoms with Crippen LogP contribution in [0, 0.1) is 0 Å². The fourth-order valence-corrected chi connectivity index (χ4v) is 3.72. The highest BCUT2D eigenvalue weighted by Gasteiger charge is 2.42. The molecule has 0 spiro atoms. The maximum atomic E-state index is 12.8. The summed E-state index contributed by atoms with van der Waals surface area (Å²) in [4.78, 5) is 14.3. The van der Waals surface area contributed by atoms with Gasteiger partial charge in [0.05, 0.1) is 26.9 Å². The molecule has 3 rings (SSSR count). The van der Waals surface area contributed by atoms with Gasteiger partial charge in [0.2, 0.25) is 0 Å². The van der Waals surface area contributed by atoms with Gasteiger partial charge in [-0.1, -0.05) is 17.7 Å². The lowest BCUT2D eigenvalue weighted by atomic mass is 9.89. The monoisotopic (exact) mass is 434 g/mol. The Kier molecular flexibility index (Phi) is 7.20. The Balaban J connectivity index is 1.64. The molecule has 2 aromatic carbocycles. The number of β-amino-alcohol motifs (C(OH)–C–C–N with tert-alkyl or cyclic N) is 1. The first-order valence-electron chi connectivity index (χ1n) is 9.73. The van der Waals surface area contributed by atoms with Gasteiger partial charge in [-0.25, -0.2) is 0 Å². The highest BCUT2D eigenvalue weighted by molar-refractivity contribution is 6.30. The fourth-order valence-electron chi connectivity index (χ4n) is 3.60. The molecule has 1 heterocycles. The van der Waals surface area contributed by atoms with Gasteiger partial charge in [0, 0.05) is 41.9 Å². The molecule has 0 aromatic heterocycles. The van der Waals surface area contributed by atoms with Gasteiger partial charge in [-0.3, -0.25) is 4.79 Å². The number of aliphatic hydroxyl groups is 2. The van der Waals surface area contributed by atoms with Crippen LogP contribution in [0.15, 0.2) is 42.5 Å². The molecule has 0 radical (unpaired) electrons. The van der Waals surface area contributed by atoms with Gasteiger partial charge >= 0.3 is 0 Å².